The van der Waals surface area contributed by atoms with E-state index < -0.39 is 28.5 Å². The molecule has 0 fully saturated rings. The summed E-state index contributed by atoms with van der Waals surface area (Å²) in [5, 5.41) is 2.75. The van der Waals surface area contributed by atoms with E-state index in [1.54, 1.807) is 38.1 Å². The molecule has 11 heteroatoms. The Kier molecular flexibility index (Phi) is 10.6. The standard InChI is InChI=1S/C29H34BrN3O6S/c1-6-31-29(35)21(3)32(18-22-9-11-23(30)12-10-22)28(34)19-33(24-13-16-26(38-4)27(17-24)39-5)40(36,37)25-14-7-20(2)8-15-25/h7-17,21H,6,18-19H2,1-5H3,(H,31,35). The van der Waals surface area contributed by atoms with E-state index in [0.717, 1.165) is 19.9 Å². The van der Waals surface area contributed by atoms with Gasteiger partial charge in [-0.3, -0.25) is 13.9 Å². The zero-order valence-corrected chi connectivity index (χ0v) is 25.6. The Bertz CT molecular complexity index is 1430. The molecule has 0 aliphatic heterocycles. The number of carbonyl (C=O) groups is 2. The minimum Gasteiger partial charge on any atom is -0.493 e. The maximum absolute atomic E-state index is 14.0. The molecule has 3 aromatic carbocycles. The smallest absolute Gasteiger partial charge is 0.264 e. The van der Waals surface area contributed by atoms with E-state index in [9.17, 15) is 18.0 Å². The second-order valence-corrected chi connectivity index (χ2v) is 11.9. The van der Waals surface area contributed by atoms with Crippen molar-refractivity contribution in [2.45, 2.75) is 38.3 Å². The average Bonchev–Trinajstić information content (AvgIpc) is 2.95. The summed E-state index contributed by atoms with van der Waals surface area (Å²) < 4.78 is 40.5. The molecule has 3 aromatic rings. The molecule has 0 spiro atoms. The zero-order chi connectivity index (χ0) is 29.4. The normalized spacial score (nSPS) is 11.8. The maximum Gasteiger partial charge on any atom is 0.264 e. The highest BCUT2D eigenvalue weighted by Gasteiger charge is 2.33. The number of nitrogens with zero attached hydrogens (tertiary/aromatic N) is 2. The Morgan fingerprint density at radius 2 is 1.57 bits per heavy atom. The lowest BCUT2D eigenvalue weighted by molar-refractivity contribution is -0.139. The van der Waals surface area contributed by atoms with Crippen molar-refractivity contribution in [1.29, 1.82) is 0 Å². The monoisotopic (exact) mass is 631 g/mol. The largest absolute Gasteiger partial charge is 0.493 e. The molecule has 9 nitrogen and oxygen atoms in total. The van der Waals surface area contributed by atoms with Gasteiger partial charge in [-0.05, 0) is 62.7 Å². The predicted octanol–water partition coefficient (Wildman–Crippen LogP) is 4.52. The van der Waals surface area contributed by atoms with Gasteiger partial charge in [-0.15, -0.1) is 0 Å². The lowest BCUT2D eigenvalue weighted by Gasteiger charge is -2.32. The van der Waals surface area contributed by atoms with Crippen molar-refractivity contribution in [2.24, 2.45) is 0 Å². The van der Waals surface area contributed by atoms with Crippen LogP contribution < -0.4 is 19.1 Å². The molecular weight excluding hydrogens is 598 g/mol. The summed E-state index contributed by atoms with van der Waals surface area (Å²) in [6.45, 7) is 5.22. The summed E-state index contributed by atoms with van der Waals surface area (Å²) >= 11 is 3.41. The van der Waals surface area contributed by atoms with E-state index in [0.29, 0.717) is 18.0 Å². The highest BCUT2D eigenvalue weighted by Crippen LogP contribution is 2.34. The third-order valence-electron chi connectivity index (χ3n) is 6.33. The molecule has 214 valence electrons. The Hall–Kier alpha value is -3.57. The van der Waals surface area contributed by atoms with Crippen molar-refractivity contribution >= 4 is 43.5 Å². The fraction of sp³-hybridized carbons (Fsp3) is 0.310. The second-order valence-electron chi connectivity index (χ2n) is 9.08. The molecule has 1 N–H and O–H groups in total. The van der Waals surface area contributed by atoms with Crippen LogP contribution >= 0.6 is 15.9 Å². The second kappa shape index (κ2) is 13.7. The Balaban J connectivity index is 2.08. The molecule has 0 saturated carbocycles. The van der Waals surface area contributed by atoms with E-state index in [1.807, 2.05) is 31.2 Å². The van der Waals surface area contributed by atoms with Gasteiger partial charge in [-0.25, -0.2) is 8.42 Å². The van der Waals surface area contributed by atoms with Crippen LogP contribution in [0.4, 0.5) is 5.69 Å². The first-order valence-corrected chi connectivity index (χ1v) is 14.9. The van der Waals surface area contributed by atoms with E-state index in [2.05, 4.69) is 21.2 Å². The lowest BCUT2D eigenvalue weighted by Crippen LogP contribution is -2.51. The van der Waals surface area contributed by atoms with Crippen LogP contribution in [-0.2, 0) is 26.2 Å². The summed E-state index contributed by atoms with van der Waals surface area (Å²) in [7, 11) is -1.28. The van der Waals surface area contributed by atoms with E-state index in [4.69, 9.17) is 9.47 Å². The van der Waals surface area contributed by atoms with Crippen LogP contribution in [0.3, 0.4) is 0 Å². The van der Waals surface area contributed by atoms with Crippen molar-refractivity contribution in [2.75, 3.05) is 31.6 Å². The molecule has 3 rings (SSSR count). The molecule has 1 atom stereocenters. The number of ether oxygens (including phenoxy) is 2. The predicted molar refractivity (Wildman–Crippen MR) is 158 cm³/mol. The minimum atomic E-state index is -4.20. The van der Waals surface area contributed by atoms with Crippen LogP contribution in [0.25, 0.3) is 0 Å². The van der Waals surface area contributed by atoms with Crippen molar-refractivity contribution in [3.8, 4) is 11.5 Å². The minimum absolute atomic E-state index is 0.0249. The number of methoxy groups -OCH3 is 2. The molecule has 0 heterocycles. The van der Waals surface area contributed by atoms with Crippen molar-refractivity contribution in [3.05, 3.63) is 82.3 Å². The summed E-state index contributed by atoms with van der Waals surface area (Å²) in [5.41, 5.74) is 1.89. The third-order valence-corrected chi connectivity index (χ3v) is 8.64. The van der Waals surface area contributed by atoms with Crippen molar-refractivity contribution in [3.63, 3.8) is 0 Å². The number of aryl methyl sites for hydroxylation is 1. The van der Waals surface area contributed by atoms with E-state index in [1.165, 1.54) is 37.3 Å². The number of rotatable bonds is 12. The molecule has 0 aromatic heterocycles. The third kappa shape index (κ3) is 7.33. The van der Waals surface area contributed by atoms with Gasteiger partial charge in [-0.1, -0.05) is 45.8 Å². The number of amides is 2. The van der Waals surface area contributed by atoms with Crippen molar-refractivity contribution in [1.82, 2.24) is 10.2 Å². The molecule has 0 saturated heterocycles. The van der Waals surface area contributed by atoms with Gasteiger partial charge in [0.25, 0.3) is 10.0 Å². The molecule has 1 unspecified atom stereocenters. The zero-order valence-electron chi connectivity index (χ0n) is 23.2. The Morgan fingerprint density at radius 3 is 2.15 bits per heavy atom. The summed E-state index contributed by atoms with van der Waals surface area (Å²) in [6.07, 6.45) is 0. The van der Waals surface area contributed by atoms with Gasteiger partial charge in [0, 0.05) is 23.6 Å². The van der Waals surface area contributed by atoms with E-state index >= 15 is 0 Å². The number of nitrogens with one attached hydrogen (secondary N) is 1. The number of anilines is 1. The van der Waals surface area contributed by atoms with Gasteiger partial charge >= 0.3 is 0 Å². The van der Waals surface area contributed by atoms with Gasteiger partial charge < -0.3 is 19.7 Å². The quantitative estimate of drug-likeness (QED) is 0.315. The van der Waals surface area contributed by atoms with Crippen LogP contribution in [0.15, 0.2) is 76.1 Å². The lowest BCUT2D eigenvalue weighted by atomic mass is 10.1. The number of likely N-dealkylation sites (N-methyl/N-ethyl adjacent to an activating group) is 1. The number of carbonyl (C=O) groups excluding carboxylic acids is 2. The molecule has 0 bridgehead atoms. The van der Waals surface area contributed by atoms with Gasteiger partial charge in [0.05, 0.1) is 24.8 Å². The number of benzene rings is 3. The summed E-state index contributed by atoms with van der Waals surface area (Å²) in [6, 6.07) is 17.5. The van der Waals surface area contributed by atoms with Gasteiger partial charge in [0.2, 0.25) is 11.8 Å². The Morgan fingerprint density at radius 1 is 0.950 bits per heavy atom. The van der Waals surface area contributed by atoms with Gasteiger partial charge in [-0.2, -0.15) is 0 Å². The SMILES string of the molecule is CCNC(=O)C(C)N(Cc1ccc(Br)cc1)C(=O)CN(c1ccc(OC)c(OC)c1)S(=O)(=O)c1ccc(C)cc1. The topological polar surface area (TPSA) is 105 Å². The highest BCUT2D eigenvalue weighted by atomic mass is 79.9. The van der Waals surface area contributed by atoms with Crippen LogP contribution in [0.5, 0.6) is 11.5 Å². The van der Waals surface area contributed by atoms with E-state index in [-0.39, 0.29) is 23.0 Å². The first kappa shape index (κ1) is 31.0. The van der Waals surface area contributed by atoms with Crippen LogP contribution in [-0.4, -0.2) is 58.5 Å². The van der Waals surface area contributed by atoms with Crippen molar-refractivity contribution < 1.29 is 27.5 Å². The fourth-order valence-electron chi connectivity index (χ4n) is 4.04. The molecule has 0 radical (unpaired) electrons. The maximum atomic E-state index is 14.0. The molecule has 0 aliphatic carbocycles. The highest BCUT2D eigenvalue weighted by molar-refractivity contribution is 9.10. The summed E-state index contributed by atoms with van der Waals surface area (Å²) in [4.78, 5) is 28.2. The molecule has 2 amide bonds. The Labute approximate surface area is 244 Å². The number of halogens is 1. The van der Waals surface area contributed by atoms with Crippen LogP contribution in [0.1, 0.15) is 25.0 Å². The average molecular weight is 633 g/mol. The molecule has 40 heavy (non-hydrogen) atoms. The van der Waals surface area contributed by atoms with Crippen LogP contribution in [0.2, 0.25) is 0 Å². The fourth-order valence-corrected chi connectivity index (χ4v) is 5.71. The molecular formula is C29H34BrN3O6S. The first-order valence-electron chi connectivity index (χ1n) is 12.6. The number of sulfonamides is 1. The van der Waals surface area contributed by atoms with Gasteiger partial charge in [0.1, 0.15) is 12.6 Å². The number of hydrogen-bond acceptors (Lipinski definition) is 6. The first-order chi connectivity index (χ1) is 19.0. The molecule has 0 aliphatic rings. The van der Waals surface area contributed by atoms with Gasteiger partial charge in [0.15, 0.2) is 11.5 Å². The number of hydrogen-bond donors (Lipinski definition) is 1. The van der Waals surface area contributed by atoms with Crippen LogP contribution in [0, 0.1) is 6.92 Å². The summed E-state index contributed by atoms with van der Waals surface area (Å²) in [5.74, 6) is -0.176.